The third-order valence-electron chi connectivity index (χ3n) is 5.29. The van der Waals surface area contributed by atoms with Crippen molar-refractivity contribution in [1.82, 2.24) is 4.90 Å². The van der Waals surface area contributed by atoms with E-state index in [1.165, 1.54) is 23.9 Å². The fourth-order valence-corrected chi connectivity index (χ4v) is 6.30. The molecule has 1 aliphatic carbocycles. The molecule has 0 N–H and O–H groups in total. The fourth-order valence-electron chi connectivity index (χ4n) is 3.66. The normalized spacial score (nSPS) is 24.4. The van der Waals surface area contributed by atoms with Crippen LogP contribution in [0.5, 0.6) is 0 Å². The van der Waals surface area contributed by atoms with Crippen molar-refractivity contribution in [3.63, 3.8) is 0 Å². The van der Waals surface area contributed by atoms with Gasteiger partial charge in [-0.3, -0.25) is 0 Å². The molecule has 2 rings (SSSR count). The molecule has 1 saturated heterocycles. The third kappa shape index (κ3) is 4.31. The lowest BCUT2D eigenvalue weighted by molar-refractivity contribution is 0.0284. The van der Waals surface area contributed by atoms with Gasteiger partial charge in [-0.15, -0.1) is 0 Å². The van der Waals surface area contributed by atoms with Gasteiger partial charge in [0.1, 0.15) is 5.60 Å². The molecule has 1 heterocycles. The van der Waals surface area contributed by atoms with Crippen LogP contribution in [0.15, 0.2) is 11.8 Å². The highest BCUT2D eigenvalue weighted by Crippen LogP contribution is 2.40. The Labute approximate surface area is 142 Å². The van der Waals surface area contributed by atoms with E-state index in [2.05, 4.69) is 26.8 Å². The number of rotatable bonds is 5. The van der Waals surface area contributed by atoms with Gasteiger partial charge < -0.3 is 14.1 Å². The largest absolute Gasteiger partial charge is 0.547 e. The van der Waals surface area contributed by atoms with Crippen LogP contribution < -0.4 is 0 Å². The maximum absolute atomic E-state index is 12.2. The van der Waals surface area contributed by atoms with Gasteiger partial charge in [0.15, 0.2) is 0 Å². The Kier molecular flexibility index (Phi) is 5.49. The molecule has 132 valence electrons. The fraction of sp³-hybridized carbons (Fsp3) is 0.833. The monoisotopic (exact) mass is 339 g/mol. The number of carbonyl (C=O) groups excluding carboxylic acids is 1. The molecule has 1 aliphatic heterocycles. The molecule has 0 aromatic carbocycles. The van der Waals surface area contributed by atoms with E-state index in [0.717, 1.165) is 19.5 Å². The Morgan fingerprint density at radius 1 is 1.22 bits per heavy atom. The van der Waals surface area contributed by atoms with Crippen LogP contribution in [0.3, 0.4) is 0 Å². The number of amides is 1. The summed E-state index contributed by atoms with van der Waals surface area (Å²) in [7, 11) is -1.57. The lowest BCUT2D eigenvalue weighted by Gasteiger charge is -2.30. The van der Waals surface area contributed by atoms with E-state index in [-0.39, 0.29) is 6.09 Å². The van der Waals surface area contributed by atoms with Gasteiger partial charge in [-0.1, -0.05) is 20.8 Å². The van der Waals surface area contributed by atoms with Gasteiger partial charge in [-0.2, -0.15) is 0 Å². The lowest BCUT2D eigenvalue weighted by Crippen LogP contribution is -2.36. The maximum Gasteiger partial charge on any atom is 0.410 e. The molecule has 5 heteroatoms. The lowest BCUT2D eigenvalue weighted by atomic mass is 10.0. The summed E-state index contributed by atoms with van der Waals surface area (Å²) < 4.78 is 12.0. The molecule has 0 bridgehead atoms. The second kappa shape index (κ2) is 6.87. The second-order valence-corrected chi connectivity index (χ2v) is 12.7. The number of carbonyl (C=O) groups is 1. The molecule has 2 atom stereocenters. The van der Waals surface area contributed by atoms with Gasteiger partial charge in [-0.05, 0) is 50.9 Å². The van der Waals surface area contributed by atoms with E-state index in [1.54, 1.807) is 0 Å². The molecule has 0 radical (unpaired) electrons. The Balaban J connectivity index is 1.94. The predicted octanol–water partition coefficient (Wildman–Crippen LogP) is 4.78. The number of nitrogens with zero attached hydrogens (tertiary/aromatic N) is 1. The summed E-state index contributed by atoms with van der Waals surface area (Å²) in [6.07, 6.45) is 3.10. The first-order valence-corrected chi connectivity index (χ1v) is 11.6. The molecule has 0 spiro atoms. The van der Waals surface area contributed by atoms with Gasteiger partial charge in [0.05, 0.1) is 5.76 Å². The SMILES string of the molecule is CC[Si](CC)(CC)OC1=C[C@H]2CN(C(=O)OC(C)(C)C)C[C@H]2C1. The van der Waals surface area contributed by atoms with Crippen LogP contribution in [0.1, 0.15) is 48.0 Å². The molecular formula is C18H33NO3Si. The standard InChI is InChI=1S/C18H33NO3Si/c1-7-23(8-2,9-3)22-16-10-14-12-19(13-15(14)11-16)17(20)21-18(4,5)6/h10,14-15H,7-9,11-13H2,1-6H3/t14-,15+/m0/s1. The zero-order valence-corrected chi connectivity index (χ0v) is 16.6. The van der Waals surface area contributed by atoms with Gasteiger partial charge in [0.25, 0.3) is 0 Å². The Morgan fingerprint density at radius 2 is 1.83 bits per heavy atom. The van der Waals surface area contributed by atoms with E-state index >= 15 is 0 Å². The number of likely N-dealkylation sites (tertiary alicyclic amines) is 1. The Hall–Kier alpha value is -0.973. The van der Waals surface area contributed by atoms with Crippen LogP contribution in [0.2, 0.25) is 18.1 Å². The molecule has 4 nitrogen and oxygen atoms in total. The second-order valence-electron chi connectivity index (χ2n) is 7.99. The zero-order chi connectivity index (χ0) is 17.3. The minimum Gasteiger partial charge on any atom is -0.547 e. The van der Waals surface area contributed by atoms with Crippen LogP contribution >= 0.6 is 0 Å². The molecule has 23 heavy (non-hydrogen) atoms. The summed E-state index contributed by atoms with van der Waals surface area (Å²) in [5.41, 5.74) is -0.423. The van der Waals surface area contributed by atoms with Crippen LogP contribution in [0.25, 0.3) is 0 Å². The van der Waals surface area contributed by atoms with Crippen molar-refractivity contribution in [2.24, 2.45) is 11.8 Å². The summed E-state index contributed by atoms with van der Waals surface area (Å²) in [6, 6.07) is 3.53. The number of hydrogen-bond donors (Lipinski definition) is 0. The number of ether oxygens (including phenoxy) is 1. The summed E-state index contributed by atoms with van der Waals surface area (Å²) in [5.74, 6) is 2.14. The van der Waals surface area contributed by atoms with E-state index in [4.69, 9.17) is 9.16 Å². The first-order valence-electron chi connectivity index (χ1n) is 9.09. The number of hydrogen-bond acceptors (Lipinski definition) is 3. The van der Waals surface area contributed by atoms with E-state index in [9.17, 15) is 4.79 Å². The Bertz CT molecular complexity index is 457. The molecule has 1 fully saturated rings. The van der Waals surface area contributed by atoms with E-state index < -0.39 is 13.9 Å². The van der Waals surface area contributed by atoms with Crippen molar-refractivity contribution in [2.45, 2.75) is 71.7 Å². The predicted molar refractivity (Wildman–Crippen MR) is 95.8 cm³/mol. The molecule has 0 saturated carbocycles. The third-order valence-corrected chi connectivity index (χ3v) is 9.85. The average molecular weight is 340 g/mol. The van der Waals surface area contributed by atoms with Crippen LogP contribution in [-0.2, 0) is 9.16 Å². The Morgan fingerprint density at radius 3 is 2.30 bits per heavy atom. The van der Waals surface area contributed by atoms with Crippen LogP contribution in [0, 0.1) is 11.8 Å². The number of allylic oxidation sites excluding steroid dienone is 1. The molecule has 1 amide bonds. The van der Waals surface area contributed by atoms with Crippen molar-refractivity contribution in [1.29, 1.82) is 0 Å². The topological polar surface area (TPSA) is 38.8 Å². The minimum absolute atomic E-state index is 0.179. The smallest absolute Gasteiger partial charge is 0.410 e. The highest BCUT2D eigenvalue weighted by Gasteiger charge is 2.42. The van der Waals surface area contributed by atoms with Crippen molar-refractivity contribution < 1.29 is 14.0 Å². The molecule has 2 aliphatic rings. The summed E-state index contributed by atoms with van der Waals surface area (Å²) in [5, 5.41) is 0. The van der Waals surface area contributed by atoms with Crippen molar-refractivity contribution in [2.75, 3.05) is 13.1 Å². The average Bonchev–Trinajstić information content (AvgIpc) is 3.01. The number of fused-ring (bicyclic) bond motifs is 1. The zero-order valence-electron chi connectivity index (χ0n) is 15.6. The van der Waals surface area contributed by atoms with Gasteiger partial charge in [0, 0.05) is 25.4 Å². The van der Waals surface area contributed by atoms with Crippen molar-refractivity contribution >= 4 is 14.4 Å². The summed E-state index contributed by atoms with van der Waals surface area (Å²) >= 11 is 0. The first-order chi connectivity index (χ1) is 10.7. The molecule has 0 aromatic rings. The van der Waals surface area contributed by atoms with Gasteiger partial charge >= 0.3 is 6.09 Å². The van der Waals surface area contributed by atoms with Crippen molar-refractivity contribution in [3.8, 4) is 0 Å². The highest BCUT2D eigenvalue weighted by molar-refractivity contribution is 6.73. The van der Waals surface area contributed by atoms with Crippen LogP contribution in [-0.4, -0.2) is 38.0 Å². The molecular weight excluding hydrogens is 306 g/mol. The maximum atomic E-state index is 12.2. The summed E-state index contributed by atoms with van der Waals surface area (Å²) in [4.78, 5) is 14.1. The van der Waals surface area contributed by atoms with E-state index in [1.807, 2.05) is 25.7 Å². The van der Waals surface area contributed by atoms with E-state index in [0.29, 0.717) is 11.8 Å². The minimum atomic E-state index is -1.57. The quantitative estimate of drug-likeness (QED) is 0.677. The molecule has 0 aromatic heterocycles. The first kappa shape index (κ1) is 18.4. The highest BCUT2D eigenvalue weighted by atomic mass is 28.4. The van der Waals surface area contributed by atoms with Gasteiger partial charge in [0.2, 0.25) is 8.32 Å². The summed E-state index contributed by atoms with van der Waals surface area (Å²) in [6.45, 7) is 14.1. The van der Waals surface area contributed by atoms with Crippen LogP contribution in [0.4, 0.5) is 4.79 Å². The van der Waals surface area contributed by atoms with Gasteiger partial charge in [-0.25, -0.2) is 4.79 Å². The molecule has 0 unspecified atom stereocenters. The van der Waals surface area contributed by atoms with Crippen molar-refractivity contribution in [3.05, 3.63) is 11.8 Å².